The Morgan fingerprint density at radius 3 is 2.78 bits per heavy atom. The van der Waals surface area contributed by atoms with Crippen LogP contribution >= 0.6 is 23.1 Å². The van der Waals surface area contributed by atoms with Crippen LogP contribution in [0.2, 0.25) is 0 Å². The molecule has 0 aliphatic rings. The van der Waals surface area contributed by atoms with Gasteiger partial charge in [0.1, 0.15) is 11.5 Å². The Kier molecular flexibility index (Phi) is 5.16. The van der Waals surface area contributed by atoms with Gasteiger partial charge in [-0.05, 0) is 29.8 Å². The minimum atomic E-state index is -0.621. The number of hydrogen-bond acceptors (Lipinski definition) is 8. The number of thioether (sulfide) groups is 1. The van der Waals surface area contributed by atoms with Crippen molar-refractivity contribution in [3.8, 4) is 5.75 Å². The molecule has 3 N–H and O–H groups in total. The molecule has 6 nitrogen and oxygen atoms in total. The van der Waals surface area contributed by atoms with E-state index in [-0.39, 0.29) is 5.75 Å². The molecule has 0 saturated carbocycles. The summed E-state index contributed by atoms with van der Waals surface area (Å²) in [6.07, 6.45) is 1.01. The number of nitrogens with one attached hydrogen (secondary N) is 1. The molecule has 120 valence electrons. The van der Waals surface area contributed by atoms with E-state index in [4.69, 9.17) is 4.42 Å². The van der Waals surface area contributed by atoms with Crippen LogP contribution in [0.15, 0.2) is 51.4 Å². The molecule has 8 heteroatoms. The van der Waals surface area contributed by atoms with Crippen LogP contribution in [0.3, 0.4) is 0 Å². The van der Waals surface area contributed by atoms with Gasteiger partial charge in [0, 0.05) is 5.75 Å². The molecule has 3 rings (SSSR count). The molecule has 0 fully saturated rings. The second kappa shape index (κ2) is 7.49. The maximum atomic E-state index is 10.1. The van der Waals surface area contributed by atoms with Crippen molar-refractivity contribution in [3.63, 3.8) is 0 Å². The zero-order valence-electron chi connectivity index (χ0n) is 12.0. The molecule has 1 aromatic carbocycles. The van der Waals surface area contributed by atoms with Gasteiger partial charge in [-0.1, -0.05) is 35.2 Å². The Bertz CT molecular complexity index is 729. The van der Waals surface area contributed by atoms with Gasteiger partial charge in [-0.15, -0.1) is 10.2 Å². The smallest absolute Gasteiger partial charge is 0.206 e. The molecule has 0 radical (unpaired) electrons. The lowest BCUT2D eigenvalue weighted by atomic mass is 10.1. The third-order valence-corrected chi connectivity index (χ3v) is 5.13. The van der Waals surface area contributed by atoms with E-state index < -0.39 is 6.10 Å². The highest BCUT2D eigenvalue weighted by Gasteiger charge is 2.11. The van der Waals surface area contributed by atoms with Crippen molar-refractivity contribution in [3.05, 3.63) is 54.0 Å². The second-order valence-corrected chi connectivity index (χ2v) is 6.97. The fourth-order valence-corrected chi connectivity index (χ4v) is 3.60. The summed E-state index contributed by atoms with van der Waals surface area (Å²) in [7, 11) is 0. The van der Waals surface area contributed by atoms with Crippen molar-refractivity contribution < 1.29 is 14.6 Å². The number of aliphatic hydroxyl groups excluding tert-OH is 1. The number of phenols is 1. The first kappa shape index (κ1) is 15.9. The Balaban J connectivity index is 1.49. The summed E-state index contributed by atoms with van der Waals surface area (Å²) < 4.78 is 6.02. The number of furan rings is 1. The van der Waals surface area contributed by atoms with Gasteiger partial charge >= 0.3 is 0 Å². The predicted molar refractivity (Wildman–Crippen MR) is 89.7 cm³/mol. The first-order valence-electron chi connectivity index (χ1n) is 6.90. The monoisotopic (exact) mass is 349 g/mol. The lowest BCUT2D eigenvalue weighted by Gasteiger charge is -2.09. The van der Waals surface area contributed by atoms with Gasteiger partial charge in [-0.25, -0.2) is 0 Å². The summed E-state index contributed by atoms with van der Waals surface area (Å²) in [5.74, 6) is 1.49. The maximum Gasteiger partial charge on any atom is 0.206 e. The predicted octanol–water partition coefficient (Wildman–Crippen LogP) is 3.27. The Labute approximate surface area is 141 Å². The van der Waals surface area contributed by atoms with Crippen molar-refractivity contribution >= 4 is 28.2 Å². The fraction of sp³-hybridized carbons (Fsp3) is 0.200. The number of anilines is 1. The molecule has 3 aromatic rings. The molecule has 0 amide bonds. The zero-order valence-corrected chi connectivity index (χ0v) is 13.7. The lowest BCUT2D eigenvalue weighted by Crippen LogP contribution is -1.99. The normalized spacial score (nSPS) is 12.2. The van der Waals surface area contributed by atoms with E-state index in [1.165, 1.54) is 23.1 Å². The molecular formula is C15H15N3O3S2. The number of aromatic hydroxyl groups is 1. The van der Waals surface area contributed by atoms with E-state index >= 15 is 0 Å². The molecule has 1 atom stereocenters. The van der Waals surface area contributed by atoms with Crippen LogP contribution in [0.4, 0.5) is 5.13 Å². The Morgan fingerprint density at radius 2 is 2.04 bits per heavy atom. The highest BCUT2D eigenvalue weighted by molar-refractivity contribution is 8.01. The average Bonchev–Trinajstić information content (AvgIpc) is 3.23. The lowest BCUT2D eigenvalue weighted by molar-refractivity contribution is 0.204. The van der Waals surface area contributed by atoms with Crippen LogP contribution in [-0.2, 0) is 6.54 Å². The molecular weight excluding hydrogens is 334 g/mol. The summed E-state index contributed by atoms with van der Waals surface area (Å²) in [5, 5.41) is 31.4. The summed E-state index contributed by atoms with van der Waals surface area (Å²) in [6, 6.07) is 10.3. The standard InChI is InChI=1S/C15H15N3O3S2/c19-11-5-3-10(4-6-11)13(20)9-22-15-18-17-14(23-15)16-8-12-2-1-7-21-12/h1-7,13,19-20H,8-9H2,(H,16,17). The van der Waals surface area contributed by atoms with Gasteiger partial charge in [0.25, 0.3) is 0 Å². The number of nitrogens with zero attached hydrogens (tertiary/aromatic N) is 2. The van der Waals surface area contributed by atoms with Gasteiger partial charge in [0.15, 0.2) is 4.34 Å². The third kappa shape index (κ3) is 4.47. The van der Waals surface area contributed by atoms with Crippen LogP contribution in [0.5, 0.6) is 5.75 Å². The summed E-state index contributed by atoms with van der Waals surface area (Å²) in [5.41, 5.74) is 0.760. The SMILES string of the molecule is Oc1ccc(C(O)CSc2nnc(NCc3ccco3)s2)cc1. The quantitative estimate of drug-likeness (QED) is 0.564. The largest absolute Gasteiger partial charge is 0.508 e. The van der Waals surface area contributed by atoms with Gasteiger partial charge in [0.2, 0.25) is 5.13 Å². The minimum absolute atomic E-state index is 0.185. The second-order valence-electron chi connectivity index (χ2n) is 4.72. The topological polar surface area (TPSA) is 91.4 Å². The van der Waals surface area contributed by atoms with Crippen LogP contribution in [0.1, 0.15) is 17.4 Å². The summed E-state index contributed by atoms with van der Waals surface area (Å²) >= 11 is 2.87. The third-order valence-electron chi connectivity index (χ3n) is 3.04. The van der Waals surface area contributed by atoms with Gasteiger partial charge in [-0.3, -0.25) is 0 Å². The zero-order chi connectivity index (χ0) is 16.1. The maximum absolute atomic E-state index is 10.1. The van der Waals surface area contributed by atoms with E-state index in [2.05, 4.69) is 15.5 Å². The molecule has 0 spiro atoms. The number of aromatic nitrogens is 2. The molecule has 1 unspecified atom stereocenters. The molecule has 0 aliphatic heterocycles. The molecule has 23 heavy (non-hydrogen) atoms. The van der Waals surface area contributed by atoms with Gasteiger partial charge in [0.05, 0.1) is 18.9 Å². The minimum Gasteiger partial charge on any atom is -0.508 e. The van der Waals surface area contributed by atoms with Gasteiger partial charge < -0.3 is 19.9 Å². The number of aliphatic hydroxyl groups is 1. The molecule has 2 heterocycles. The number of hydrogen-bond donors (Lipinski definition) is 3. The highest BCUT2D eigenvalue weighted by atomic mass is 32.2. The first-order valence-corrected chi connectivity index (χ1v) is 8.70. The molecule has 0 aliphatic carbocycles. The van der Waals surface area contributed by atoms with E-state index in [0.29, 0.717) is 17.4 Å². The summed E-state index contributed by atoms with van der Waals surface area (Å²) in [6.45, 7) is 0.558. The molecule has 0 saturated heterocycles. The highest BCUT2D eigenvalue weighted by Crippen LogP contribution is 2.29. The first-order chi connectivity index (χ1) is 11.2. The van der Waals surface area contributed by atoms with Crippen molar-refractivity contribution in [1.29, 1.82) is 0 Å². The van der Waals surface area contributed by atoms with Crippen LogP contribution < -0.4 is 5.32 Å². The number of rotatable bonds is 7. The summed E-state index contributed by atoms with van der Waals surface area (Å²) in [4.78, 5) is 0. The van der Waals surface area contributed by atoms with Crippen LogP contribution in [-0.4, -0.2) is 26.2 Å². The van der Waals surface area contributed by atoms with E-state index in [9.17, 15) is 10.2 Å². The molecule has 2 aromatic heterocycles. The Hall–Kier alpha value is -2.03. The van der Waals surface area contributed by atoms with Crippen molar-refractivity contribution in [2.45, 2.75) is 17.0 Å². The van der Waals surface area contributed by atoms with Crippen molar-refractivity contribution in [1.82, 2.24) is 10.2 Å². The van der Waals surface area contributed by atoms with E-state index in [1.807, 2.05) is 12.1 Å². The number of benzene rings is 1. The average molecular weight is 349 g/mol. The van der Waals surface area contributed by atoms with Gasteiger partial charge in [-0.2, -0.15) is 0 Å². The van der Waals surface area contributed by atoms with Crippen LogP contribution in [0, 0.1) is 0 Å². The van der Waals surface area contributed by atoms with E-state index in [1.54, 1.807) is 30.5 Å². The van der Waals surface area contributed by atoms with Crippen molar-refractivity contribution in [2.75, 3.05) is 11.1 Å². The number of phenolic OH excluding ortho intramolecular Hbond substituents is 1. The molecule has 0 bridgehead atoms. The van der Waals surface area contributed by atoms with E-state index in [0.717, 1.165) is 15.7 Å². The fourth-order valence-electron chi connectivity index (χ4n) is 1.86. The van der Waals surface area contributed by atoms with Crippen molar-refractivity contribution in [2.24, 2.45) is 0 Å². The van der Waals surface area contributed by atoms with Crippen LogP contribution in [0.25, 0.3) is 0 Å². The Morgan fingerprint density at radius 1 is 1.22 bits per heavy atom.